The first kappa shape index (κ1) is 20.2. The Kier molecular flexibility index (Phi) is 6.14. The lowest BCUT2D eigenvalue weighted by Crippen LogP contribution is -2.57. The zero-order chi connectivity index (χ0) is 17.5. The zero-order valence-corrected chi connectivity index (χ0v) is 16.5. The summed E-state index contributed by atoms with van der Waals surface area (Å²) in [4.78, 5) is 13.8. The van der Waals surface area contributed by atoms with E-state index in [2.05, 4.69) is 5.32 Å². The topological polar surface area (TPSA) is 69.7 Å². The average molecular weight is 388 g/mol. The van der Waals surface area contributed by atoms with E-state index in [9.17, 15) is 13.2 Å². The van der Waals surface area contributed by atoms with Gasteiger partial charge in [0, 0.05) is 44.3 Å². The lowest BCUT2D eigenvalue weighted by atomic mass is 10.0. The first-order valence-corrected chi connectivity index (χ1v) is 9.92. The maximum atomic E-state index is 13.1. The molecule has 2 unspecified atom stereocenters. The molecule has 3 rings (SSSR count). The van der Waals surface area contributed by atoms with Gasteiger partial charge in [-0.25, -0.2) is 8.42 Å². The first-order chi connectivity index (χ1) is 11.3. The number of carbonyl (C=O) groups is 1. The van der Waals surface area contributed by atoms with Gasteiger partial charge < -0.3 is 10.2 Å². The molecule has 1 aromatic rings. The van der Waals surface area contributed by atoms with E-state index in [4.69, 9.17) is 0 Å². The summed E-state index contributed by atoms with van der Waals surface area (Å²) in [5.41, 5.74) is 1.78. The van der Waals surface area contributed by atoms with E-state index < -0.39 is 10.0 Å². The third-order valence-corrected chi connectivity index (χ3v) is 7.12. The Bertz CT molecular complexity index is 754. The summed E-state index contributed by atoms with van der Waals surface area (Å²) in [5, 5.41) is 3.30. The van der Waals surface area contributed by atoms with Crippen LogP contribution in [-0.4, -0.2) is 50.3 Å². The van der Waals surface area contributed by atoms with Crippen molar-refractivity contribution >= 4 is 34.0 Å². The lowest BCUT2D eigenvalue weighted by molar-refractivity contribution is -0.116. The van der Waals surface area contributed by atoms with Crippen LogP contribution in [0.3, 0.4) is 0 Å². The summed E-state index contributed by atoms with van der Waals surface area (Å²) < 4.78 is 27.8. The van der Waals surface area contributed by atoms with Crippen molar-refractivity contribution in [1.82, 2.24) is 9.62 Å². The zero-order valence-electron chi connectivity index (χ0n) is 14.9. The molecule has 0 radical (unpaired) electrons. The van der Waals surface area contributed by atoms with Crippen LogP contribution in [0.25, 0.3) is 0 Å². The van der Waals surface area contributed by atoms with Crippen LogP contribution in [-0.2, 0) is 21.2 Å². The highest BCUT2D eigenvalue weighted by molar-refractivity contribution is 7.89. The molecule has 0 aromatic heterocycles. The van der Waals surface area contributed by atoms with Crippen molar-refractivity contribution in [3.63, 3.8) is 0 Å². The van der Waals surface area contributed by atoms with Crippen LogP contribution >= 0.6 is 12.4 Å². The maximum Gasteiger partial charge on any atom is 0.243 e. The van der Waals surface area contributed by atoms with Crippen LogP contribution in [0.15, 0.2) is 23.1 Å². The first-order valence-electron chi connectivity index (χ1n) is 8.48. The van der Waals surface area contributed by atoms with Crippen molar-refractivity contribution in [3.05, 3.63) is 23.8 Å². The minimum atomic E-state index is -3.57. The van der Waals surface area contributed by atoms with Gasteiger partial charge in [-0.15, -0.1) is 12.4 Å². The molecule has 1 N–H and O–H groups in total. The average Bonchev–Trinajstić information content (AvgIpc) is 2.56. The van der Waals surface area contributed by atoms with Gasteiger partial charge in [-0.3, -0.25) is 4.79 Å². The number of aryl methyl sites for hydroxylation is 1. The summed E-state index contributed by atoms with van der Waals surface area (Å²) in [7, 11) is -3.57. The summed E-state index contributed by atoms with van der Waals surface area (Å²) >= 11 is 0. The van der Waals surface area contributed by atoms with E-state index in [0.29, 0.717) is 19.6 Å². The normalized spacial score (nSPS) is 24.4. The molecule has 0 spiro atoms. The molecule has 1 saturated heterocycles. The van der Waals surface area contributed by atoms with Crippen molar-refractivity contribution in [2.24, 2.45) is 0 Å². The number of fused-ring (bicyclic) bond motifs is 1. The number of amides is 1. The molecule has 2 atom stereocenters. The molecular weight excluding hydrogens is 362 g/mol. The van der Waals surface area contributed by atoms with Gasteiger partial charge in [0.05, 0.1) is 4.90 Å². The SMILES string of the molecule is CC(=O)N1CCCc2ccc(S(=O)(=O)N3CCNC(C)C3C)cc21.Cl. The number of anilines is 1. The van der Waals surface area contributed by atoms with Crippen LogP contribution in [0.2, 0.25) is 0 Å². The van der Waals surface area contributed by atoms with Gasteiger partial charge in [-0.1, -0.05) is 6.07 Å². The fourth-order valence-electron chi connectivity index (χ4n) is 3.54. The van der Waals surface area contributed by atoms with E-state index in [0.717, 1.165) is 24.1 Å². The number of benzene rings is 1. The molecule has 140 valence electrons. The molecule has 6 nitrogen and oxygen atoms in total. The van der Waals surface area contributed by atoms with Gasteiger partial charge in [0.2, 0.25) is 15.9 Å². The third-order valence-electron chi connectivity index (χ3n) is 5.14. The number of carbonyl (C=O) groups excluding carboxylic acids is 1. The molecule has 2 heterocycles. The number of rotatable bonds is 2. The Labute approximate surface area is 156 Å². The highest BCUT2D eigenvalue weighted by Gasteiger charge is 2.35. The van der Waals surface area contributed by atoms with Gasteiger partial charge in [0.1, 0.15) is 0 Å². The molecule has 0 saturated carbocycles. The van der Waals surface area contributed by atoms with Crippen molar-refractivity contribution in [2.75, 3.05) is 24.5 Å². The standard InChI is InChI=1S/C17H25N3O3S.ClH/c1-12-13(2)20(10-8-18-12)24(22,23)16-7-6-15-5-4-9-19(14(3)21)17(15)11-16;/h6-7,11-13,18H,4-5,8-10H2,1-3H3;1H. The number of hydrogen-bond donors (Lipinski definition) is 1. The summed E-state index contributed by atoms with van der Waals surface area (Å²) in [6.45, 7) is 7.20. The van der Waals surface area contributed by atoms with Crippen molar-refractivity contribution in [2.45, 2.75) is 50.6 Å². The predicted molar refractivity (Wildman–Crippen MR) is 101 cm³/mol. The van der Waals surface area contributed by atoms with Gasteiger partial charge in [0.25, 0.3) is 0 Å². The molecule has 25 heavy (non-hydrogen) atoms. The molecule has 0 bridgehead atoms. The monoisotopic (exact) mass is 387 g/mol. The van der Waals surface area contributed by atoms with Gasteiger partial charge >= 0.3 is 0 Å². The molecule has 1 fully saturated rings. The second-order valence-corrected chi connectivity index (χ2v) is 8.55. The second-order valence-electron chi connectivity index (χ2n) is 6.66. The Hall–Kier alpha value is -1.15. The molecule has 2 aliphatic heterocycles. The van der Waals surface area contributed by atoms with Crippen molar-refractivity contribution in [1.29, 1.82) is 0 Å². The summed E-state index contributed by atoms with van der Waals surface area (Å²) in [6.07, 6.45) is 1.78. The number of halogens is 1. The summed E-state index contributed by atoms with van der Waals surface area (Å²) in [6, 6.07) is 5.21. The fraction of sp³-hybridized carbons (Fsp3) is 0.588. The van der Waals surface area contributed by atoms with Crippen LogP contribution < -0.4 is 10.2 Å². The Morgan fingerprint density at radius 3 is 2.64 bits per heavy atom. The predicted octanol–water partition coefficient (Wildman–Crippen LogP) is 1.78. The number of nitrogens with one attached hydrogen (secondary N) is 1. The molecular formula is C17H26ClN3O3S. The number of hydrogen-bond acceptors (Lipinski definition) is 4. The lowest BCUT2D eigenvalue weighted by Gasteiger charge is -2.37. The van der Waals surface area contributed by atoms with Crippen molar-refractivity contribution < 1.29 is 13.2 Å². The number of nitrogens with zero attached hydrogens (tertiary/aromatic N) is 2. The van der Waals surface area contributed by atoms with E-state index >= 15 is 0 Å². The van der Waals surface area contributed by atoms with Crippen molar-refractivity contribution in [3.8, 4) is 0 Å². The van der Waals surface area contributed by atoms with E-state index in [-0.39, 0.29) is 35.3 Å². The number of piperazine rings is 1. The highest BCUT2D eigenvalue weighted by Crippen LogP contribution is 2.31. The Balaban J connectivity index is 0.00000225. The van der Waals surface area contributed by atoms with E-state index in [1.54, 1.807) is 21.3 Å². The quantitative estimate of drug-likeness (QED) is 0.839. The molecule has 0 aliphatic carbocycles. The molecule has 1 amide bonds. The highest BCUT2D eigenvalue weighted by atomic mass is 35.5. The third kappa shape index (κ3) is 3.69. The van der Waals surface area contributed by atoms with Gasteiger partial charge in [0.15, 0.2) is 0 Å². The van der Waals surface area contributed by atoms with E-state index in [1.807, 2.05) is 19.9 Å². The minimum Gasteiger partial charge on any atom is -0.312 e. The van der Waals surface area contributed by atoms with Crippen LogP contribution in [0.1, 0.15) is 32.8 Å². The smallest absolute Gasteiger partial charge is 0.243 e. The molecule has 1 aromatic carbocycles. The largest absolute Gasteiger partial charge is 0.312 e. The van der Waals surface area contributed by atoms with Gasteiger partial charge in [-0.05, 0) is 44.4 Å². The van der Waals surface area contributed by atoms with E-state index in [1.165, 1.54) is 6.92 Å². The van der Waals surface area contributed by atoms with Crippen LogP contribution in [0, 0.1) is 0 Å². The molecule has 2 aliphatic rings. The minimum absolute atomic E-state index is 0. The molecule has 8 heteroatoms. The van der Waals surface area contributed by atoms with Crippen LogP contribution in [0.5, 0.6) is 0 Å². The Morgan fingerprint density at radius 1 is 1.24 bits per heavy atom. The van der Waals surface area contributed by atoms with Gasteiger partial charge in [-0.2, -0.15) is 4.31 Å². The Morgan fingerprint density at radius 2 is 1.96 bits per heavy atom. The van der Waals surface area contributed by atoms with Crippen LogP contribution in [0.4, 0.5) is 5.69 Å². The number of sulfonamides is 1. The second kappa shape index (κ2) is 7.61. The fourth-order valence-corrected chi connectivity index (χ4v) is 5.27. The summed E-state index contributed by atoms with van der Waals surface area (Å²) in [5.74, 6) is -0.0466. The maximum absolute atomic E-state index is 13.1.